The molecule has 0 bridgehead atoms. The Kier molecular flexibility index (Phi) is 5.74. The predicted octanol–water partition coefficient (Wildman–Crippen LogP) is 3.69. The number of hydrogen-bond donors (Lipinski definition) is 0. The fourth-order valence-electron chi connectivity index (χ4n) is 2.16. The van der Waals surface area contributed by atoms with E-state index in [0.717, 1.165) is 18.8 Å². The molecule has 1 fully saturated rings. The van der Waals surface area contributed by atoms with E-state index in [1.165, 1.54) is 32.1 Å². The van der Waals surface area contributed by atoms with E-state index in [2.05, 4.69) is 0 Å². The zero-order valence-electron chi connectivity index (χ0n) is 10.1. The summed E-state index contributed by atoms with van der Waals surface area (Å²) in [6.07, 6.45) is 9.38. The molecule has 0 saturated heterocycles. The molecular formula is C13H24O2. The van der Waals surface area contributed by atoms with Crippen molar-refractivity contribution in [2.45, 2.75) is 71.3 Å². The van der Waals surface area contributed by atoms with Crippen molar-refractivity contribution in [1.82, 2.24) is 0 Å². The van der Waals surface area contributed by atoms with Crippen LogP contribution in [0.1, 0.15) is 65.2 Å². The minimum Gasteiger partial charge on any atom is -0.463 e. The van der Waals surface area contributed by atoms with Gasteiger partial charge in [-0.05, 0) is 25.7 Å². The topological polar surface area (TPSA) is 26.3 Å². The fraction of sp³-hybridized carbons (Fsp3) is 0.923. The van der Waals surface area contributed by atoms with Crippen molar-refractivity contribution in [3.05, 3.63) is 0 Å². The van der Waals surface area contributed by atoms with Gasteiger partial charge in [0.1, 0.15) is 0 Å². The highest BCUT2D eigenvalue weighted by Gasteiger charge is 2.15. The lowest BCUT2D eigenvalue weighted by molar-refractivity contribution is -0.148. The molecule has 1 aliphatic rings. The van der Waals surface area contributed by atoms with Gasteiger partial charge >= 0.3 is 5.97 Å². The Morgan fingerprint density at radius 3 is 2.60 bits per heavy atom. The van der Waals surface area contributed by atoms with E-state index in [9.17, 15) is 4.79 Å². The molecule has 0 heterocycles. The molecule has 2 heteroatoms. The van der Waals surface area contributed by atoms with E-state index in [0.29, 0.717) is 6.42 Å². The zero-order chi connectivity index (χ0) is 11.1. The second-order valence-electron chi connectivity index (χ2n) is 4.75. The first-order valence-electron chi connectivity index (χ1n) is 6.41. The number of esters is 1. The van der Waals surface area contributed by atoms with Crippen LogP contribution in [0.2, 0.25) is 0 Å². The van der Waals surface area contributed by atoms with Crippen LogP contribution in [0.15, 0.2) is 0 Å². The van der Waals surface area contributed by atoms with Gasteiger partial charge in [-0.3, -0.25) is 4.79 Å². The molecule has 2 nitrogen and oxygen atoms in total. The Morgan fingerprint density at radius 2 is 2.00 bits per heavy atom. The van der Waals surface area contributed by atoms with Gasteiger partial charge in [0.05, 0.1) is 6.10 Å². The van der Waals surface area contributed by atoms with Crippen LogP contribution in [0, 0.1) is 5.92 Å². The van der Waals surface area contributed by atoms with Crippen molar-refractivity contribution in [2.75, 3.05) is 0 Å². The largest absolute Gasteiger partial charge is 0.463 e. The SMILES string of the molecule is CCC(C)OC(=O)CCC1CCCCC1. The summed E-state index contributed by atoms with van der Waals surface area (Å²) < 4.78 is 5.25. The number of carbonyl (C=O) groups excluding carboxylic acids is 1. The molecule has 1 saturated carbocycles. The fourth-order valence-corrected chi connectivity index (χ4v) is 2.16. The molecule has 1 unspecified atom stereocenters. The molecular weight excluding hydrogens is 188 g/mol. The molecule has 0 aliphatic heterocycles. The van der Waals surface area contributed by atoms with Gasteiger partial charge in [0.15, 0.2) is 0 Å². The maximum Gasteiger partial charge on any atom is 0.306 e. The monoisotopic (exact) mass is 212 g/mol. The summed E-state index contributed by atoms with van der Waals surface area (Å²) in [7, 11) is 0. The Morgan fingerprint density at radius 1 is 1.33 bits per heavy atom. The van der Waals surface area contributed by atoms with E-state index >= 15 is 0 Å². The van der Waals surface area contributed by atoms with E-state index in [-0.39, 0.29) is 12.1 Å². The average Bonchev–Trinajstić information content (AvgIpc) is 2.27. The Balaban J connectivity index is 2.10. The van der Waals surface area contributed by atoms with Crippen LogP contribution >= 0.6 is 0 Å². The molecule has 0 aromatic carbocycles. The molecule has 0 aromatic rings. The standard InChI is InChI=1S/C13H24O2/c1-3-11(2)15-13(14)10-9-12-7-5-4-6-8-12/h11-12H,3-10H2,1-2H3. The van der Waals surface area contributed by atoms with Gasteiger partial charge in [0, 0.05) is 6.42 Å². The van der Waals surface area contributed by atoms with Crippen molar-refractivity contribution in [2.24, 2.45) is 5.92 Å². The van der Waals surface area contributed by atoms with Gasteiger partial charge in [-0.1, -0.05) is 39.0 Å². The van der Waals surface area contributed by atoms with E-state index in [1.807, 2.05) is 13.8 Å². The molecule has 0 amide bonds. The molecule has 1 aliphatic carbocycles. The van der Waals surface area contributed by atoms with Crippen LogP contribution in [0.5, 0.6) is 0 Å². The van der Waals surface area contributed by atoms with Crippen LogP contribution < -0.4 is 0 Å². The number of ether oxygens (including phenoxy) is 1. The minimum atomic E-state index is -0.00470. The van der Waals surface area contributed by atoms with Crippen LogP contribution in [-0.4, -0.2) is 12.1 Å². The molecule has 1 rings (SSSR count). The van der Waals surface area contributed by atoms with Crippen LogP contribution in [0.4, 0.5) is 0 Å². The van der Waals surface area contributed by atoms with Crippen molar-refractivity contribution >= 4 is 5.97 Å². The number of carbonyl (C=O) groups is 1. The number of hydrogen-bond acceptors (Lipinski definition) is 2. The van der Waals surface area contributed by atoms with E-state index in [1.54, 1.807) is 0 Å². The Bertz CT molecular complexity index is 183. The molecule has 15 heavy (non-hydrogen) atoms. The molecule has 0 spiro atoms. The zero-order valence-corrected chi connectivity index (χ0v) is 10.1. The third kappa shape index (κ3) is 5.19. The molecule has 0 radical (unpaired) electrons. The van der Waals surface area contributed by atoms with Crippen LogP contribution in [0.3, 0.4) is 0 Å². The van der Waals surface area contributed by atoms with E-state index in [4.69, 9.17) is 4.74 Å². The summed E-state index contributed by atoms with van der Waals surface area (Å²) >= 11 is 0. The lowest BCUT2D eigenvalue weighted by atomic mass is 9.86. The number of rotatable bonds is 5. The third-order valence-corrected chi connectivity index (χ3v) is 3.39. The lowest BCUT2D eigenvalue weighted by Gasteiger charge is -2.21. The lowest BCUT2D eigenvalue weighted by Crippen LogP contribution is -2.15. The summed E-state index contributed by atoms with van der Waals surface area (Å²) in [5.41, 5.74) is 0. The molecule has 1 atom stereocenters. The summed E-state index contributed by atoms with van der Waals surface area (Å²) in [4.78, 5) is 11.4. The second kappa shape index (κ2) is 6.86. The van der Waals surface area contributed by atoms with Gasteiger partial charge in [0.25, 0.3) is 0 Å². The van der Waals surface area contributed by atoms with Gasteiger partial charge in [-0.25, -0.2) is 0 Å². The smallest absolute Gasteiger partial charge is 0.306 e. The van der Waals surface area contributed by atoms with Gasteiger partial charge in [-0.15, -0.1) is 0 Å². The quantitative estimate of drug-likeness (QED) is 0.650. The predicted molar refractivity (Wildman–Crippen MR) is 61.7 cm³/mol. The first-order valence-corrected chi connectivity index (χ1v) is 6.41. The molecule has 0 N–H and O–H groups in total. The first-order chi connectivity index (χ1) is 7.22. The Hall–Kier alpha value is -0.530. The summed E-state index contributed by atoms with van der Waals surface area (Å²) in [6.45, 7) is 4.00. The average molecular weight is 212 g/mol. The highest BCUT2D eigenvalue weighted by atomic mass is 16.5. The van der Waals surface area contributed by atoms with Gasteiger partial charge in [0.2, 0.25) is 0 Å². The highest BCUT2D eigenvalue weighted by molar-refractivity contribution is 5.69. The minimum absolute atomic E-state index is 0.00470. The molecule has 88 valence electrons. The summed E-state index contributed by atoms with van der Waals surface area (Å²) in [6, 6.07) is 0. The van der Waals surface area contributed by atoms with Crippen LogP contribution in [0.25, 0.3) is 0 Å². The normalized spacial score (nSPS) is 19.9. The molecule has 0 aromatic heterocycles. The van der Waals surface area contributed by atoms with Crippen molar-refractivity contribution in [3.63, 3.8) is 0 Å². The Labute approximate surface area is 93.4 Å². The third-order valence-electron chi connectivity index (χ3n) is 3.39. The van der Waals surface area contributed by atoms with E-state index < -0.39 is 0 Å². The maximum absolute atomic E-state index is 11.4. The summed E-state index contributed by atoms with van der Waals surface area (Å²) in [5, 5.41) is 0. The summed E-state index contributed by atoms with van der Waals surface area (Å²) in [5.74, 6) is 0.776. The first kappa shape index (κ1) is 12.5. The van der Waals surface area contributed by atoms with Crippen LogP contribution in [-0.2, 0) is 9.53 Å². The second-order valence-corrected chi connectivity index (χ2v) is 4.75. The van der Waals surface area contributed by atoms with Crippen molar-refractivity contribution in [1.29, 1.82) is 0 Å². The maximum atomic E-state index is 11.4. The highest BCUT2D eigenvalue weighted by Crippen LogP contribution is 2.27. The van der Waals surface area contributed by atoms with Gasteiger partial charge < -0.3 is 4.74 Å². The van der Waals surface area contributed by atoms with Crippen molar-refractivity contribution in [3.8, 4) is 0 Å². The van der Waals surface area contributed by atoms with Gasteiger partial charge in [-0.2, -0.15) is 0 Å². The van der Waals surface area contributed by atoms with Crippen molar-refractivity contribution < 1.29 is 9.53 Å².